The molecule has 0 radical (unpaired) electrons. The zero-order chi connectivity index (χ0) is 18.2. The summed E-state index contributed by atoms with van der Waals surface area (Å²) in [5, 5.41) is 15.0. The second-order valence-electron chi connectivity index (χ2n) is 6.28. The minimum atomic E-state index is -0.968. The maximum atomic E-state index is 12.6. The quantitative estimate of drug-likeness (QED) is 0.452. The van der Waals surface area contributed by atoms with E-state index in [2.05, 4.69) is 10.6 Å². The van der Waals surface area contributed by atoms with E-state index in [1.54, 1.807) is 6.92 Å². The number of carbonyl (C=O) groups excluding carboxylic acids is 2. The van der Waals surface area contributed by atoms with Crippen LogP contribution in [0.15, 0.2) is 30.3 Å². The van der Waals surface area contributed by atoms with Crippen LogP contribution in [0.25, 0.3) is 0 Å². The smallest absolute Gasteiger partial charge is 0.326 e. The second-order valence-corrected chi connectivity index (χ2v) is 6.28. The number of carboxylic acid groups (broad SMARTS) is 1. The van der Waals surface area contributed by atoms with Gasteiger partial charge in [0.15, 0.2) is 0 Å². The Kier molecular flexibility index (Phi) is 6.94. The molecule has 1 heterocycles. The highest BCUT2D eigenvalue weighted by Gasteiger charge is 2.36. The molecule has 7 nitrogen and oxygen atoms in total. The molecule has 1 saturated heterocycles. The topological polar surface area (TPSA) is 98.7 Å². The number of benzene rings is 1. The molecule has 1 aromatic carbocycles. The molecule has 0 aromatic heterocycles. The van der Waals surface area contributed by atoms with Crippen LogP contribution in [-0.2, 0) is 20.8 Å². The molecule has 1 unspecified atom stereocenters. The minimum Gasteiger partial charge on any atom is -0.480 e. The highest BCUT2D eigenvalue weighted by molar-refractivity contribution is 5.87. The molecule has 2 rings (SSSR count). The van der Waals surface area contributed by atoms with Crippen molar-refractivity contribution in [2.24, 2.45) is 0 Å². The maximum Gasteiger partial charge on any atom is 0.326 e. The molecule has 2 amide bonds. The molecule has 0 spiro atoms. The van der Waals surface area contributed by atoms with Gasteiger partial charge in [-0.05, 0) is 38.2 Å². The first-order chi connectivity index (χ1) is 12.0. The van der Waals surface area contributed by atoms with Crippen molar-refractivity contribution in [3.05, 3.63) is 35.9 Å². The molecular formula is C18H25N3O4. The summed E-state index contributed by atoms with van der Waals surface area (Å²) in [6.07, 6.45) is 2.81. The van der Waals surface area contributed by atoms with E-state index in [0.717, 1.165) is 12.0 Å². The fraction of sp³-hybridized carbons (Fsp3) is 0.500. The monoisotopic (exact) mass is 347 g/mol. The SMILES string of the molecule is C[C@H](NC(CCc1ccccc1)NC=O)C(=O)N1CCC[C@H]1C(=O)O. The van der Waals surface area contributed by atoms with E-state index in [1.807, 2.05) is 30.3 Å². The van der Waals surface area contributed by atoms with Crippen LogP contribution in [0.1, 0.15) is 31.7 Å². The van der Waals surface area contributed by atoms with Crippen molar-refractivity contribution >= 4 is 18.3 Å². The Balaban J connectivity index is 1.92. The van der Waals surface area contributed by atoms with Crippen LogP contribution in [0, 0.1) is 0 Å². The lowest BCUT2D eigenvalue weighted by molar-refractivity contribution is -0.149. The summed E-state index contributed by atoms with van der Waals surface area (Å²) >= 11 is 0. The molecule has 7 heteroatoms. The van der Waals surface area contributed by atoms with Crippen LogP contribution >= 0.6 is 0 Å². The minimum absolute atomic E-state index is 0.248. The van der Waals surface area contributed by atoms with Crippen LogP contribution in [0.5, 0.6) is 0 Å². The molecule has 25 heavy (non-hydrogen) atoms. The zero-order valence-corrected chi connectivity index (χ0v) is 14.4. The third-order valence-electron chi connectivity index (χ3n) is 4.48. The number of hydrogen-bond acceptors (Lipinski definition) is 4. The Labute approximate surface area is 147 Å². The first kappa shape index (κ1) is 18.9. The second kappa shape index (κ2) is 9.17. The number of aliphatic carboxylic acids is 1. The van der Waals surface area contributed by atoms with Crippen LogP contribution in [-0.4, -0.2) is 53.1 Å². The molecule has 1 aliphatic rings. The van der Waals surface area contributed by atoms with Gasteiger partial charge < -0.3 is 15.3 Å². The largest absolute Gasteiger partial charge is 0.480 e. The van der Waals surface area contributed by atoms with Gasteiger partial charge in [-0.15, -0.1) is 0 Å². The number of carboxylic acids is 1. The Morgan fingerprint density at radius 2 is 2.08 bits per heavy atom. The van der Waals surface area contributed by atoms with Gasteiger partial charge in [0.05, 0.1) is 12.2 Å². The molecule has 0 bridgehead atoms. The third kappa shape index (κ3) is 5.29. The highest BCUT2D eigenvalue weighted by Crippen LogP contribution is 2.18. The van der Waals surface area contributed by atoms with Gasteiger partial charge in [0.2, 0.25) is 12.3 Å². The molecule has 0 saturated carbocycles. The van der Waals surface area contributed by atoms with Gasteiger partial charge in [0, 0.05) is 6.54 Å². The van der Waals surface area contributed by atoms with Crippen LogP contribution in [0.4, 0.5) is 0 Å². The summed E-state index contributed by atoms with van der Waals surface area (Å²) < 4.78 is 0. The molecule has 0 aliphatic carbocycles. The van der Waals surface area contributed by atoms with Crippen molar-refractivity contribution in [1.82, 2.24) is 15.5 Å². The lowest BCUT2D eigenvalue weighted by atomic mass is 10.1. The molecule has 1 aliphatic heterocycles. The van der Waals surface area contributed by atoms with E-state index in [9.17, 15) is 19.5 Å². The fourth-order valence-corrected chi connectivity index (χ4v) is 3.16. The number of amides is 2. The number of nitrogens with zero attached hydrogens (tertiary/aromatic N) is 1. The average molecular weight is 347 g/mol. The Bertz CT molecular complexity index is 593. The number of aryl methyl sites for hydroxylation is 1. The van der Waals surface area contributed by atoms with Crippen molar-refractivity contribution in [3.8, 4) is 0 Å². The van der Waals surface area contributed by atoms with Gasteiger partial charge in [-0.3, -0.25) is 14.9 Å². The average Bonchev–Trinajstić information content (AvgIpc) is 3.10. The highest BCUT2D eigenvalue weighted by atomic mass is 16.4. The van der Waals surface area contributed by atoms with Gasteiger partial charge in [0.25, 0.3) is 0 Å². The first-order valence-corrected chi connectivity index (χ1v) is 8.56. The number of nitrogens with one attached hydrogen (secondary N) is 2. The predicted octanol–water partition coefficient (Wildman–Crippen LogP) is 0.745. The summed E-state index contributed by atoms with van der Waals surface area (Å²) in [5.74, 6) is -1.22. The Morgan fingerprint density at radius 1 is 1.36 bits per heavy atom. The zero-order valence-electron chi connectivity index (χ0n) is 14.4. The molecular weight excluding hydrogens is 322 g/mol. The number of rotatable bonds is 9. The molecule has 3 atom stereocenters. The van der Waals surface area contributed by atoms with Crippen molar-refractivity contribution < 1.29 is 19.5 Å². The van der Waals surface area contributed by atoms with Crippen LogP contribution in [0.2, 0.25) is 0 Å². The lowest BCUT2D eigenvalue weighted by Gasteiger charge is -2.28. The molecule has 136 valence electrons. The van der Waals surface area contributed by atoms with Crippen molar-refractivity contribution in [2.45, 2.75) is 50.9 Å². The van der Waals surface area contributed by atoms with Gasteiger partial charge in [-0.1, -0.05) is 30.3 Å². The summed E-state index contributed by atoms with van der Waals surface area (Å²) in [6.45, 7) is 2.15. The van der Waals surface area contributed by atoms with E-state index >= 15 is 0 Å². The first-order valence-electron chi connectivity index (χ1n) is 8.56. The Morgan fingerprint density at radius 3 is 2.72 bits per heavy atom. The third-order valence-corrected chi connectivity index (χ3v) is 4.48. The number of likely N-dealkylation sites (tertiary alicyclic amines) is 1. The normalized spacial score (nSPS) is 19.2. The van der Waals surface area contributed by atoms with Crippen molar-refractivity contribution in [3.63, 3.8) is 0 Å². The summed E-state index contributed by atoms with van der Waals surface area (Å²) in [6, 6.07) is 8.54. The number of hydrogen-bond donors (Lipinski definition) is 3. The van der Waals surface area contributed by atoms with Crippen molar-refractivity contribution in [2.75, 3.05) is 6.54 Å². The standard InChI is InChI=1S/C18H25N3O4/c1-13(17(23)21-11-5-8-15(21)18(24)25)20-16(19-12-22)10-9-14-6-3-2-4-7-14/h2-4,6-7,12-13,15-16,20H,5,8-11H2,1H3,(H,19,22)(H,24,25)/t13-,15-,16?/m0/s1. The fourth-order valence-electron chi connectivity index (χ4n) is 3.16. The van der Waals surface area contributed by atoms with Gasteiger partial charge >= 0.3 is 5.97 Å². The van der Waals surface area contributed by atoms with Crippen molar-refractivity contribution in [1.29, 1.82) is 0 Å². The Hall–Kier alpha value is -2.41. The van der Waals surface area contributed by atoms with Crippen LogP contribution < -0.4 is 10.6 Å². The van der Waals surface area contributed by atoms with Gasteiger partial charge in [0.1, 0.15) is 6.04 Å². The summed E-state index contributed by atoms with van der Waals surface area (Å²) in [4.78, 5) is 36.1. The number of carbonyl (C=O) groups is 3. The molecule has 3 N–H and O–H groups in total. The molecule has 1 aromatic rings. The van der Waals surface area contributed by atoms with E-state index in [1.165, 1.54) is 4.90 Å². The molecule has 1 fully saturated rings. The lowest BCUT2D eigenvalue weighted by Crippen LogP contribution is -2.54. The summed E-state index contributed by atoms with van der Waals surface area (Å²) in [7, 11) is 0. The van der Waals surface area contributed by atoms with Gasteiger partial charge in [-0.2, -0.15) is 0 Å². The van der Waals surface area contributed by atoms with E-state index in [4.69, 9.17) is 0 Å². The maximum absolute atomic E-state index is 12.6. The van der Waals surface area contributed by atoms with Gasteiger partial charge in [-0.25, -0.2) is 4.79 Å². The van der Waals surface area contributed by atoms with E-state index in [0.29, 0.717) is 32.2 Å². The summed E-state index contributed by atoms with van der Waals surface area (Å²) in [5.41, 5.74) is 1.14. The van der Waals surface area contributed by atoms with E-state index in [-0.39, 0.29) is 12.1 Å². The predicted molar refractivity (Wildman–Crippen MR) is 92.7 cm³/mol. The van der Waals surface area contributed by atoms with E-state index < -0.39 is 18.1 Å². The van der Waals surface area contributed by atoms with Crippen LogP contribution in [0.3, 0.4) is 0 Å².